The van der Waals surface area contributed by atoms with Gasteiger partial charge in [-0.25, -0.2) is 0 Å². The molecule has 1 saturated carbocycles. The van der Waals surface area contributed by atoms with E-state index in [1.54, 1.807) is 6.92 Å². The van der Waals surface area contributed by atoms with Gasteiger partial charge in [0, 0.05) is 10.9 Å². The molecule has 1 aromatic carbocycles. The number of carbonyl (C=O) groups is 2. The third-order valence-corrected chi connectivity index (χ3v) is 5.94. The first-order chi connectivity index (χ1) is 11.9. The van der Waals surface area contributed by atoms with E-state index in [-0.39, 0.29) is 23.7 Å². The molecule has 25 heavy (non-hydrogen) atoms. The zero-order chi connectivity index (χ0) is 18.4. The van der Waals surface area contributed by atoms with Crippen molar-refractivity contribution in [1.29, 1.82) is 0 Å². The lowest BCUT2D eigenvalue weighted by molar-refractivity contribution is -0.152. The van der Waals surface area contributed by atoms with Gasteiger partial charge in [-0.1, -0.05) is 37.5 Å². The van der Waals surface area contributed by atoms with Gasteiger partial charge in [0.15, 0.2) is 6.10 Å². The summed E-state index contributed by atoms with van der Waals surface area (Å²) in [4.78, 5) is 25.4. The number of benzene rings is 1. The van der Waals surface area contributed by atoms with E-state index in [1.165, 1.54) is 23.7 Å². The summed E-state index contributed by atoms with van der Waals surface area (Å²) in [5.74, 6) is 0.148. The van der Waals surface area contributed by atoms with E-state index >= 15 is 0 Å². The lowest BCUT2D eigenvalue weighted by Crippen LogP contribution is -2.46. The molecular weight excluding hydrogens is 334 g/mol. The molecule has 0 heterocycles. The van der Waals surface area contributed by atoms with Gasteiger partial charge in [-0.2, -0.15) is 0 Å². The van der Waals surface area contributed by atoms with Crippen LogP contribution >= 0.6 is 11.8 Å². The first-order valence-electron chi connectivity index (χ1n) is 9.06. The van der Waals surface area contributed by atoms with Crippen LogP contribution in [0.15, 0.2) is 23.1 Å². The molecule has 1 aliphatic rings. The van der Waals surface area contributed by atoms with Crippen LogP contribution in [0.25, 0.3) is 0 Å². The monoisotopic (exact) mass is 363 g/mol. The molecule has 0 spiro atoms. The average Bonchev–Trinajstić information content (AvgIpc) is 2.56. The van der Waals surface area contributed by atoms with E-state index < -0.39 is 6.10 Å². The molecule has 4 nitrogen and oxygen atoms in total. The smallest absolute Gasteiger partial charge is 0.317 e. The van der Waals surface area contributed by atoms with E-state index in [2.05, 4.69) is 18.3 Å². The summed E-state index contributed by atoms with van der Waals surface area (Å²) in [5.41, 5.74) is 2.35. The molecule has 0 aromatic heterocycles. The normalized spacial score (nSPS) is 21.4. The Morgan fingerprint density at radius 1 is 1.28 bits per heavy atom. The van der Waals surface area contributed by atoms with Crippen LogP contribution in [-0.4, -0.2) is 29.8 Å². The Bertz CT molecular complexity index is 617. The molecule has 1 aliphatic carbocycles. The average molecular weight is 364 g/mol. The van der Waals surface area contributed by atoms with Gasteiger partial charge in [0.05, 0.1) is 5.75 Å². The molecule has 5 heteroatoms. The maximum absolute atomic E-state index is 12.3. The standard InChI is InChI=1S/C20H29NO3S/c1-13-9-10-18(15(3)11-13)25-12-19(22)24-16(4)20(23)21-17-8-6-5-7-14(17)2/h9-11,14,16-17H,5-8,12H2,1-4H3,(H,21,23)/t14-,16-,17-/m0/s1. The molecule has 0 unspecified atom stereocenters. The molecule has 1 N–H and O–H groups in total. The summed E-state index contributed by atoms with van der Waals surface area (Å²) >= 11 is 1.45. The van der Waals surface area contributed by atoms with Gasteiger partial charge in [-0.3, -0.25) is 9.59 Å². The van der Waals surface area contributed by atoms with Crippen molar-refractivity contribution in [3.05, 3.63) is 29.3 Å². The van der Waals surface area contributed by atoms with Gasteiger partial charge in [0.1, 0.15) is 0 Å². The van der Waals surface area contributed by atoms with Crippen molar-refractivity contribution in [2.45, 2.75) is 70.4 Å². The Hall–Kier alpha value is -1.49. The van der Waals surface area contributed by atoms with E-state index in [0.29, 0.717) is 5.92 Å². The lowest BCUT2D eigenvalue weighted by Gasteiger charge is -2.30. The van der Waals surface area contributed by atoms with Crippen molar-refractivity contribution in [3.63, 3.8) is 0 Å². The molecule has 0 radical (unpaired) electrons. The van der Waals surface area contributed by atoms with Crippen molar-refractivity contribution < 1.29 is 14.3 Å². The van der Waals surface area contributed by atoms with Gasteiger partial charge < -0.3 is 10.1 Å². The molecule has 1 amide bonds. The second-order valence-corrected chi connectivity index (χ2v) is 8.08. The molecule has 0 bridgehead atoms. The minimum atomic E-state index is -0.749. The minimum Gasteiger partial charge on any atom is -0.452 e. The molecule has 138 valence electrons. The van der Waals surface area contributed by atoms with Gasteiger partial charge in [-0.05, 0) is 51.2 Å². The molecule has 1 fully saturated rings. The Balaban J connectivity index is 1.77. The Kier molecular flexibility index (Phi) is 7.36. The Morgan fingerprint density at radius 2 is 2.00 bits per heavy atom. The molecule has 3 atom stereocenters. The summed E-state index contributed by atoms with van der Waals surface area (Å²) in [6.07, 6.45) is 3.78. The number of ether oxygens (including phenoxy) is 1. The van der Waals surface area contributed by atoms with E-state index in [0.717, 1.165) is 29.7 Å². The van der Waals surface area contributed by atoms with Crippen LogP contribution in [0.4, 0.5) is 0 Å². The van der Waals surface area contributed by atoms with Crippen LogP contribution in [-0.2, 0) is 14.3 Å². The van der Waals surface area contributed by atoms with Crippen LogP contribution in [0.5, 0.6) is 0 Å². The second-order valence-electron chi connectivity index (χ2n) is 7.07. The highest BCUT2D eigenvalue weighted by Crippen LogP contribution is 2.24. The van der Waals surface area contributed by atoms with Crippen molar-refractivity contribution >= 4 is 23.6 Å². The molecule has 0 saturated heterocycles. The molecular formula is C20H29NO3S. The van der Waals surface area contributed by atoms with Crippen molar-refractivity contribution in [3.8, 4) is 0 Å². The SMILES string of the molecule is Cc1ccc(SCC(=O)O[C@@H](C)C(=O)N[C@H]2CCCC[C@@H]2C)c(C)c1. The summed E-state index contributed by atoms with van der Waals surface area (Å²) in [6, 6.07) is 6.34. The van der Waals surface area contributed by atoms with Gasteiger partial charge >= 0.3 is 5.97 Å². The number of hydrogen-bond acceptors (Lipinski definition) is 4. The number of thioether (sulfide) groups is 1. The molecule has 0 aliphatic heterocycles. The fourth-order valence-electron chi connectivity index (χ4n) is 3.21. The fourth-order valence-corrected chi connectivity index (χ4v) is 4.01. The van der Waals surface area contributed by atoms with Crippen molar-refractivity contribution in [2.24, 2.45) is 5.92 Å². The lowest BCUT2D eigenvalue weighted by atomic mass is 9.86. The third kappa shape index (κ3) is 6.07. The van der Waals surface area contributed by atoms with Gasteiger partial charge in [-0.15, -0.1) is 11.8 Å². The topological polar surface area (TPSA) is 55.4 Å². The van der Waals surface area contributed by atoms with Gasteiger partial charge in [0.25, 0.3) is 5.91 Å². The Labute approximate surface area is 155 Å². The largest absolute Gasteiger partial charge is 0.452 e. The number of carbonyl (C=O) groups excluding carboxylic acids is 2. The molecule has 2 rings (SSSR count). The Morgan fingerprint density at radius 3 is 2.68 bits per heavy atom. The summed E-state index contributed by atoms with van der Waals surface area (Å²) < 4.78 is 5.30. The summed E-state index contributed by atoms with van der Waals surface area (Å²) in [6.45, 7) is 7.88. The third-order valence-electron chi connectivity index (χ3n) is 4.79. The second kappa shape index (κ2) is 9.27. The maximum Gasteiger partial charge on any atom is 0.317 e. The predicted octanol–water partition coefficient (Wildman–Crippen LogP) is 4.02. The van der Waals surface area contributed by atoms with E-state index in [4.69, 9.17) is 4.74 Å². The summed E-state index contributed by atoms with van der Waals surface area (Å²) in [5, 5.41) is 3.04. The predicted molar refractivity (Wildman–Crippen MR) is 102 cm³/mol. The highest BCUT2D eigenvalue weighted by molar-refractivity contribution is 8.00. The van der Waals surface area contributed by atoms with Crippen LogP contribution in [0.2, 0.25) is 0 Å². The highest BCUT2D eigenvalue weighted by Gasteiger charge is 2.26. The zero-order valence-corrected chi connectivity index (χ0v) is 16.4. The number of aryl methyl sites for hydroxylation is 2. The van der Waals surface area contributed by atoms with Gasteiger partial charge in [0.2, 0.25) is 0 Å². The van der Waals surface area contributed by atoms with Crippen LogP contribution < -0.4 is 5.32 Å². The first-order valence-corrected chi connectivity index (χ1v) is 10.0. The van der Waals surface area contributed by atoms with Crippen molar-refractivity contribution in [1.82, 2.24) is 5.32 Å². The van der Waals surface area contributed by atoms with Crippen LogP contribution in [0.1, 0.15) is 50.7 Å². The minimum absolute atomic E-state index is 0.191. The number of nitrogens with one attached hydrogen (secondary N) is 1. The number of hydrogen-bond donors (Lipinski definition) is 1. The summed E-state index contributed by atoms with van der Waals surface area (Å²) in [7, 11) is 0. The number of rotatable bonds is 6. The quantitative estimate of drug-likeness (QED) is 0.613. The molecule has 1 aromatic rings. The van der Waals surface area contributed by atoms with Crippen LogP contribution in [0, 0.1) is 19.8 Å². The zero-order valence-electron chi connectivity index (χ0n) is 15.6. The van der Waals surface area contributed by atoms with E-state index in [1.807, 2.05) is 26.0 Å². The van der Waals surface area contributed by atoms with Crippen molar-refractivity contribution in [2.75, 3.05) is 5.75 Å². The fraction of sp³-hybridized carbons (Fsp3) is 0.600. The van der Waals surface area contributed by atoms with Crippen LogP contribution in [0.3, 0.4) is 0 Å². The number of esters is 1. The first kappa shape index (κ1) is 19.8. The maximum atomic E-state index is 12.3. The highest BCUT2D eigenvalue weighted by atomic mass is 32.2. The number of amides is 1. The van der Waals surface area contributed by atoms with E-state index in [9.17, 15) is 9.59 Å².